The molecule has 0 aliphatic heterocycles. The van der Waals surface area contributed by atoms with Crippen molar-refractivity contribution in [1.82, 2.24) is 0 Å². The molecular formula is C9H9Cl. The fourth-order valence-electron chi connectivity index (χ4n) is 0.773. The number of alkyl halides is 1. The Labute approximate surface area is 66.8 Å². The van der Waals surface area contributed by atoms with Crippen molar-refractivity contribution >= 4 is 11.6 Å². The van der Waals surface area contributed by atoms with E-state index in [1.165, 1.54) is 0 Å². The van der Waals surface area contributed by atoms with Crippen LogP contribution in [0.3, 0.4) is 0 Å². The third-order valence-electron chi connectivity index (χ3n) is 1.17. The summed E-state index contributed by atoms with van der Waals surface area (Å²) in [5.74, 6) is 0. The quantitative estimate of drug-likeness (QED) is 0.572. The van der Waals surface area contributed by atoms with Crippen molar-refractivity contribution < 1.29 is 0 Å². The zero-order chi connectivity index (χ0) is 7.40. The van der Waals surface area contributed by atoms with Crippen LogP contribution in [0.1, 0.15) is 5.56 Å². The molecule has 1 aromatic carbocycles. The van der Waals surface area contributed by atoms with Gasteiger partial charge in [-0.3, -0.25) is 0 Å². The predicted octanol–water partition coefficient (Wildman–Crippen LogP) is 2.68. The summed E-state index contributed by atoms with van der Waals surface area (Å²) in [4.78, 5) is 0. The Morgan fingerprint density at radius 2 is 1.90 bits per heavy atom. The molecule has 52 valence electrons. The molecule has 1 atom stereocenters. The van der Waals surface area contributed by atoms with Gasteiger partial charge in [-0.15, -0.1) is 11.6 Å². The Hall–Kier alpha value is -0.490. The molecule has 0 bridgehead atoms. The van der Waals surface area contributed by atoms with Crippen molar-refractivity contribution in [2.24, 2.45) is 0 Å². The monoisotopic (exact) mass is 152 g/mol. The van der Waals surface area contributed by atoms with Crippen LogP contribution < -0.4 is 0 Å². The SMILES string of the molecule is [CH2][C@H](Cl)[CH]c1ccccc1. The van der Waals surface area contributed by atoms with Crippen LogP contribution >= 0.6 is 11.6 Å². The summed E-state index contributed by atoms with van der Waals surface area (Å²) < 4.78 is 0. The lowest BCUT2D eigenvalue weighted by atomic mass is 10.1. The van der Waals surface area contributed by atoms with Crippen molar-refractivity contribution in [2.75, 3.05) is 0 Å². The van der Waals surface area contributed by atoms with Gasteiger partial charge in [0, 0.05) is 11.8 Å². The van der Waals surface area contributed by atoms with Gasteiger partial charge in [-0.2, -0.15) is 0 Å². The number of hydrogen-bond donors (Lipinski definition) is 0. The summed E-state index contributed by atoms with van der Waals surface area (Å²) in [5.41, 5.74) is 1.12. The molecule has 0 nitrogen and oxygen atoms in total. The molecule has 0 aromatic heterocycles. The minimum atomic E-state index is -0.137. The molecule has 10 heavy (non-hydrogen) atoms. The van der Waals surface area contributed by atoms with E-state index in [4.69, 9.17) is 11.6 Å². The first kappa shape index (κ1) is 7.62. The maximum atomic E-state index is 5.65. The maximum Gasteiger partial charge on any atom is 0.0411 e. The summed E-state index contributed by atoms with van der Waals surface area (Å²) >= 11 is 5.65. The van der Waals surface area contributed by atoms with Gasteiger partial charge in [0.25, 0.3) is 0 Å². The molecule has 0 saturated heterocycles. The largest absolute Gasteiger partial charge is 0.122 e. The van der Waals surface area contributed by atoms with Crippen molar-refractivity contribution in [3.05, 3.63) is 49.2 Å². The Balaban J connectivity index is 2.59. The van der Waals surface area contributed by atoms with E-state index >= 15 is 0 Å². The second-order valence-electron chi connectivity index (χ2n) is 2.09. The first-order valence-electron chi connectivity index (χ1n) is 3.16. The lowest BCUT2D eigenvalue weighted by molar-refractivity contribution is 1.25. The molecule has 0 fully saturated rings. The predicted molar refractivity (Wildman–Crippen MR) is 44.8 cm³/mol. The summed E-state index contributed by atoms with van der Waals surface area (Å²) in [5, 5.41) is -0.137. The summed E-state index contributed by atoms with van der Waals surface area (Å²) in [7, 11) is 0. The second kappa shape index (κ2) is 3.62. The van der Waals surface area contributed by atoms with Crippen LogP contribution in [0.15, 0.2) is 30.3 Å². The molecule has 0 aliphatic rings. The molecule has 1 rings (SSSR count). The van der Waals surface area contributed by atoms with Gasteiger partial charge >= 0.3 is 0 Å². The second-order valence-corrected chi connectivity index (χ2v) is 2.65. The van der Waals surface area contributed by atoms with Crippen LogP contribution in [0, 0.1) is 13.3 Å². The van der Waals surface area contributed by atoms with Gasteiger partial charge in [-0.25, -0.2) is 0 Å². The highest BCUT2D eigenvalue weighted by atomic mass is 35.5. The number of hydrogen-bond acceptors (Lipinski definition) is 0. The molecule has 1 aromatic rings. The summed E-state index contributed by atoms with van der Waals surface area (Å²) in [6.45, 7) is 3.64. The summed E-state index contributed by atoms with van der Waals surface area (Å²) in [6.07, 6.45) is 1.90. The van der Waals surface area contributed by atoms with Gasteiger partial charge < -0.3 is 0 Å². The minimum Gasteiger partial charge on any atom is -0.122 e. The zero-order valence-corrected chi connectivity index (χ0v) is 6.38. The van der Waals surface area contributed by atoms with Gasteiger partial charge in [-0.1, -0.05) is 30.3 Å². The van der Waals surface area contributed by atoms with Gasteiger partial charge in [0.2, 0.25) is 0 Å². The zero-order valence-electron chi connectivity index (χ0n) is 5.63. The Bertz CT molecular complexity index is 179. The number of benzene rings is 1. The molecule has 0 saturated carbocycles. The standard InChI is InChI=1S/C9H9Cl/c1-8(10)7-9-5-3-2-4-6-9/h2-8H,1H2/t8-/m0/s1. The van der Waals surface area contributed by atoms with Crippen LogP contribution in [-0.4, -0.2) is 5.38 Å². The minimum absolute atomic E-state index is 0.137. The molecular weight excluding hydrogens is 144 g/mol. The first-order valence-corrected chi connectivity index (χ1v) is 3.60. The Morgan fingerprint density at radius 1 is 1.30 bits per heavy atom. The van der Waals surface area contributed by atoms with Crippen LogP contribution in [0.4, 0.5) is 0 Å². The normalized spacial score (nSPS) is 13.0. The fourth-order valence-corrected chi connectivity index (χ4v) is 0.918. The van der Waals surface area contributed by atoms with E-state index in [9.17, 15) is 0 Å². The molecule has 0 N–H and O–H groups in total. The van der Waals surface area contributed by atoms with Crippen LogP contribution in [0.5, 0.6) is 0 Å². The lowest BCUT2D eigenvalue weighted by Crippen LogP contribution is -1.92. The van der Waals surface area contributed by atoms with E-state index < -0.39 is 0 Å². The third-order valence-corrected chi connectivity index (χ3v) is 1.30. The maximum absolute atomic E-state index is 5.65. The number of rotatable bonds is 2. The highest BCUT2D eigenvalue weighted by molar-refractivity contribution is 6.22. The molecule has 1 heteroatoms. The number of halogens is 1. The average Bonchev–Trinajstić information content (AvgIpc) is 1.88. The summed E-state index contributed by atoms with van der Waals surface area (Å²) in [6, 6.07) is 9.93. The van der Waals surface area contributed by atoms with E-state index in [1.807, 2.05) is 36.8 Å². The van der Waals surface area contributed by atoms with E-state index in [-0.39, 0.29) is 5.38 Å². The molecule has 0 heterocycles. The van der Waals surface area contributed by atoms with E-state index in [2.05, 4.69) is 6.92 Å². The van der Waals surface area contributed by atoms with Crippen LogP contribution in [-0.2, 0) is 0 Å². The Morgan fingerprint density at radius 3 is 2.40 bits per heavy atom. The van der Waals surface area contributed by atoms with E-state index in [0.29, 0.717) is 0 Å². The van der Waals surface area contributed by atoms with Gasteiger partial charge in [0.15, 0.2) is 0 Å². The highest BCUT2D eigenvalue weighted by Crippen LogP contribution is 2.08. The Kier molecular flexibility index (Phi) is 2.76. The topological polar surface area (TPSA) is 0 Å². The average molecular weight is 153 g/mol. The molecule has 0 amide bonds. The third kappa shape index (κ3) is 2.40. The van der Waals surface area contributed by atoms with E-state index in [0.717, 1.165) is 5.56 Å². The smallest absolute Gasteiger partial charge is 0.0411 e. The fraction of sp³-hybridized carbons (Fsp3) is 0.111. The molecule has 0 unspecified atom stereocenters. The van der Waals surface area contributed by atoms with Crippen molar-refractivity contribution in [3.8, 4) is 0 Å². The first-order chi connectivity index (χ1) is 4.79. The lowest BCUT2D eigenvalue weighted by Gasteiger charge is -1.99. The van der Waals surface area contributed by atoms with Gasteiger partial charge in [0.1, 0.15) is 0 Å². The van der Waals surface area contributed by atoms with Gasteiger partial charge in [-0.05, 0) is 12.5 Å². The highest BCUT2D eigenvalue weighted by Gasteiger charge is 1.96. The van der Waals surface area contributed by atoms with Crippen molar-refractivity contribution in [1.29, 1.82) is 0 Å². The van der Waals surface area contributed by atoms with Crippen LogP contribution in [0.25, 0.3) is 0 Å². The van der Waals surface area contributed by atoms with E-state index in [1.54, 1.807) is 0 Å². The van der Waals surface area contributed by atoms with Gasteiger partial charge in [0.05, 0.1) is 0 Å². The molecule has 0 spiro atoms. The molecule has 0 aliphatic carbocycles. The van der Waals surface area contributed by atoms with Crippen molar-refractivity contribution in [3.63, 3.8) is 0 Å². The molecule has 2 radical (unpaired) electrons. The van der Waals surface area contributed by atoms with Crippen molar-refractivity contribution in [2.45, 2.75) is 5.38 Å². The van der Waals surface area contributed by atoms with Crippen LogP contribution in [0.2, 0.25) is 0 Å².